The van der Waals surface area contributed by atoms with Gasteiger partial charge in [-0.3, -0.25) is 19.1 Å². The summed E-state index contributed by atoms with van der Waals surface area (Å²) < 4.78 is 7.04. The smallest absolute Gasteiger partial charge is 0.267 e. The van der Waals surface area contributed by atoms with Gasteiger partial charge in [0.25, 0.3) is 11.5 Å². The molecule has 2 aromatic rings. The first kappa shape index (κ1) is 17.2. The zero-order valence-corrected chi connectivity index (χ0v) is 15.2. The number of pyridine rings is 1. The van der Waals surface area contributed by atoms with Gasteiger partial charge < -0.3 is 9.64 Å². The van der Waals surface area contributed by atoms with Crippen molar-refractivity contribution in [3.05, 3.63) is 52.2 Å². The third-order valence-electron chi connectivity index (χ3n) is 4.67. The molecule has 2 aliphatic rings. The number of thioether (sulfide) groups is 1. The van der Waals surface area contributed by atoms with Gasteiger partial charge in [-0.25, -0.2) is 4.98 Å². The molecule has 1 fully saturated rings. The molecule has 4 heterocycles. The number of carbonyl (C=O) groups excluding carboxylic acids is 1. The van der Waals surface area contributed by atoms with E-state index in [1.165, 1.54) is 6.20 Å². The summed E-state index contributed by atoms with van der Waals surface area (Å²) in [4.78, 5) is 36.0. The highest BCUT2D eigenvalue weighted by Gasteiger charge is 2.27. The molecule has 2 aliphatic heterocycles. The van der Waals surface area contributed by atoms with Gasteiger partial charge in [-0.05, 0) is 18.1 Å². The number of aromatic nitrogens is 3. The van der Waals surface area contributed by atoms with Crippen LogP contribution in [0.4, 0.5) is 0 Å². The highest BCUT2D eigenvalue weighted by Crippen LogP contribution is 2.21. The molecule has 26 heavy (non-hydrogen) atoms. The van der Waals surface area contributed by atoms with E-state index >= 15 is 0 Å². The van der Waals surface area contributed by atoms with Crippen LogP contribution in [0.25, 0.3) is 0 Å². The molecule has 1 amide bonds. The number of rotatable bonds is 5. The second kappa shape index (κ2) is 7.59. The van der Waals surface area contributed by atoms with Gasteiger partial charge in [0.15, 0.2) is 5.16 Å². The van der Waals surface area contributed by atoms with Crippen LogP contribution in [0, 0.1) is 5.92 Å². The number of fused-ring (bicyclic) bond motifs is 1. The van der Waals surface area contributed by atoms with E-state index in [9.17, 15) is 9.59 Å². The van der Waals surface area contributed by atoms with Crippen molar-refractivity contribution in [2.45, 2.75) is 24.7 Å². The first-order valence-corrected chi connectivity index (χ1v) is 9.69. The summed E-state index contributed by atoms with van der Waals surface area (Å²) in [5, 5.41) is 0.689. The summed E-state index contributed by atoms with van der Waals surface area (Å²) in [6, 6.07) is 3.78. The normalized spacial score (nSPS) is 18.7. The van der Waals surface area contributed by atoms with Crippen LogP contribution in [-0.4, -0.2) is 50.9 Å². The summed E-state index contributed by atoms with van der Waals surface area (Å²) in [6.07, 6.45) is 5.80. The number of carbonyl (C=O) groups is 1. The van der Waals surface area contributed by atoms with E-state index in [4.69, 9.17) is 4.74 Å². The molecule has 1 saturated heterocycles. The number of hydrogen-bond acceptors (Lipinski definition) is 6. The largest absolute Gasteiger partial charge is 0.381 e. The Hall–Kier alpha value is -2.19. The van der Waals surface area contributed by atoms with E-state index in [2.05, 4.69) is 9.97 Å². The van der Waals surface area contributed by atoms with Crippen LogP contribution >= 0.6 is 11.8 Å². The van der Waals surface area contributed by atoms with Crippen LogP contribution in [0.15, 0.2) is 40.7 Å². The molecule has 0 aliphatic carbocycles. The summed E-state index contributed by atoms with van der Waals surface area (Å²) >= 11 is 1.54. The molecule has 7 nitrogen and oxygen atoms in total. The van der Waals surface area contributed by atoms with Gasteiger partial charge in [-0.2, -0.15) is 0 Å². The molecule has 136 valence electrons. The van der Waals surface area contributed by atoms with Crippen LogP contribution in [0.5, 0.6) is 0 Å². The molecule has 1 atom stereocenters. The van der Waals surface area contributed by atoms with Gasteiger partial charge in [0.1, 0.15) is 5.56 Å². The molecule has 0 radical (unpaired) electrons. The Bertz CT molecular complexity index is 849. The van der Waals surface area contributed by atoms with Gasteiger partial charge >= 0.3 is 0 Å². The van der Waals surface area contributed by atoms with E-state index < -0.39 is 0 Å². The van der Waals surface area contributed by atoms with E-state index in [1.54, 1.807) is 33.6 Å². The maximum Gasteiger partial charge on any atom is 0.267 e. The molecule has 0 saturated carbocycles. The summed E-state index contributed by atoms with van der Waals surface area (Å²) in [6.45, 7) is 2.95. The van der Waals surface area contributed by atoms with Crippen LogP contribution in [0.1, 0.15) is 22.3 Å². The second-order valence-corrected chi connectivity index (χ2v) is 7.60. The molecule has 0 N–H and O–H groups in total. The predicted molar refractivity (Wildman–Crippen MR) is 97.1 cm³/mol. The first-order chi connectivity index (χ1) is 12.7. The zero-order chi connectivity index (χ0) is 17.9. The van der Waals surface area contributed by atoms with Crippen LogP contribution in [-0.2, 0) is 17.8 Å². The van der Waals surface area contributed by atoms with Crippen LogP contribution in [0.2, 0.25) is 0 Å². The topological polar surface area (TPSA) is 77.3 Å². The van der Waals surface area contributed by atoms with Crippen molar-refractivity contribution in [2.75, 3.05) is 25.5 Å². The van der Waals surface area contributed by atoms with Gasteiger partial charge in [-0.1, -0.05) is 17.8 Å². The quantitative estimate of drug-likeness (QED) is 0.739. The molecule has 1 unspecified atom stereocenters. The van der Waals surface area contributed by atoms with Crippen molar-refractivity contribution in [1.29, 1.82) is 0 Å². The Balaban J connectivity index is 1.62. The van der Waals surface area contributed by atoms with Crippen molar-refractivity contribution in [1.82, 2.24) is 19.4 Å². The minimum absolute atomic E-state index is 0.138. The summed E-state index contributed by atoms with van der Waals surface area (Å²) in [5.74, 6) is 0.834. The van der Waals surface area contributed by atoms with Crippen molar-refractivity contribution >= 4 is 17.7 Å². The van der Waals surface area contributed by atoms with Gasteiger partial charge in [0.2, 0.25) is 0 Å². The van der Waals surface area contributed by atoms with E-state index in [1.807, 2.05) is 12.1 Å². The maximum atomic E-state index is 13.2. The predicted octanol–water partition coefficient (Wildman–Crippen LogP) is 1.42. The number of nitrogens with zero attached hydrogens (tertiary/aromatic N) is 4. The number of amides is 1. The minimum atomic E-state index is -0.273. The Morgan fingerprint density at radius 3 is 3.12 bits per heavy atom. The molecular weight excluding hydrogens is 352 g/mol. The molecule has 4 rings (SSSR count). The SMILES string of the molecule is O=C(c1cnc2n(c1=O)CCS2)N(Cc1cccnc1)CC1CCOC1. The van der Waals surface area contributed by atoms with Crippen molar-refractivity contribution in [3.63, 3.8) is 0 Å². The lowest BCUT2D eigenvalue weighted by molar-refractivity contribution is 0.0702. The monoisotopic (exact) mass is 372 g/mol. The Morgan fingerprint density at radius 1 is 1.42 bits per heavy atom. The summed E-state index contributed by atoms with van der Waals surface area (Å²) in [5.41, 5.74) is 0.826. The fourth-order valence-electron chi connectivity index (χ4n) is 3.30. The van der Waals surface area contributed by atoms with Crippen LogP contribution in [0.3, 0.4) is 0 Å². The Kier molecular flexibility index (Phi) is 5.03. The minimum Gasteiger partial charge on any atom is -0.381 e. The first-order valence-electron chi connectivity index (χ1n) is 8.71. The van der Waals surface area contributed by atoms with Crippen molar-refractivity contribution in [3.8, 4) is 0 Å². The lowest BCUT2D eigenvalue weighted by Gasteiger charge is -2.25. The van der Waals surface area contributed by atoms with Gasteiger partial charge in [0.05, 0.1) is 6.61 Å². The zero-order valence-electron chi connectivity index (χ0n) is 14.3. The molecule has 8 heteroatoms. The molecule has 0 aromatic carbocycles. The number of ether oxygens (including phenoxy) is 1. The van der Waals surface area contributed by atoms with Crippen LogP contribution < -0.4 is 5.56 Å². The third kappa shape index (κ3) is 3.52. The fraction of sp³-hybridized carbons (Fsp3) is 0.444. The number of hydrogen-bond donors (Lipinski definition) is 0. The average Bonchev–Trinajstić information content (AvgIpc) is 3.34. The molecular formula is C18H20N4O3S. The second-order valence-electron chi connectivity index (χ2n) is 6.54. The molecule has 0 bridgehead atoms. The fourth-order valence-corrected chi connectivity index (χ4v) is 4.22. The van der Waals surface area contributed by atoms with E-state index in [0.29, 0.717) is 31.4 Å². The lowest BCUT2D eigenvalue weighted by Crippen LogP contribution is -2.39. The average molecular weight is 372 g/mol. The van der Waals surface area contributed by atoms with Crippen molar-refractivity contribution < 1.29 is 9.53 Å². The lowest BCUT2D eigenvalue weighted by atomic mass is 10.1. The summed E-state index contributed by atoms with van der Waals surface area (Å²) in [7, 11) is 0. The Labute approximate surface area is 155 Å². The highest BCUT2D eigenvalue weighted by molar-refractivity contribution is 7.99. The standard InChI is InChI=1S/C18H20N4O3S/c23-16(15-9-20-18-22(17(15)24)5-7-26-18)21(11-14-3-6-25-12-14)10-13-2-1-4-19-8-13/h1-2,4,8-9,14H,3,5-7,10-12H2. The third-order valence-corrected chi connectivity index (χ3v) is 5.64. The molecule has 2 aromatic heterocycles. The van der Waals surface area contributed by atoms with E-state index in [0.717, 1.165) is 24.3 Å². The van der Waals surface area contributed by atoms with Gasteiger partial charge in [-0.15, -0.1) is 0 Å². The Morgan fingerprint density at radius 2 is 2.35 bits per heavy atom. The van der Waals surface area contributed by atoms with E-state index in [-0.39, 0.29) is 22.9 Å². The van der Waals surface area contributed by atoms with Gasteiger partial charge in [0, 0.05) is 56.5 Å². The highest BCUT2D eigenvalue weighted by atomic mass is 32.2. The van der Waals surface area contributed by atoms with Crippen molar-refractivity contribution in [2.24, 2.45) is 5.92 Å². The molecule has 0 spiro atoms. The maximum absolute atomic E-state index is 13.2.